The van der Waals surface area contributed by atoms with Gasteiger partial charge < -0.3 is 14.9 Å². The average molecular weight is 526 g/mol. The van der Waals surface area contributed by atoms with Gasteiger partial charge in [0.25, 0.3) is 5.91 Å². The molecule has 0 aliphatic carbocycles. The van der Waals surface area contributed by atoms with Gasteiger partial charge in [0.05, 0.1) is 0 Å². The van der Waals surface area contributed by atoms with Gasteiger partial charge in [0.2, 0.25) is 5.91 Å². The molecule has 0 spiro atoms. The molecule has 0 radical (unpaired) electrons. The zero-order valence-electron chi connectivity index (χ0n) is 22.8. The molecule has 1 heterocycles. The molecule has 7 nitrogen and oxygen atoms in total. The van der Waals surface area contributed by atoms with E-state index in [1.165, 1.54) is 23.1 Å². The van der Waals surface area contributed by atoms with Crippen molar-refractivity contribution in [1.82, 2.24) is 9.80 Å². The van der Waals surface area contributed by atoms with E-state index < -0.39 is 24.2 Å². The third kappa shape index (κ3) is 8.65. The maximum Gasteiger partial charge on any atom is 0.323 e. The van der Waals surface area contributed by atoms with Crippen LogP contribution in [0.15, 0.2) is 42.5 Å². The number of hydrogen-bond donors (Lipinski definition) is 1. The van der Waals surface area contributed by atoms with E-state index in [9.17, 15) is 23.9 Å². The summed E-state index contributed by atoms with van der Waals surface area (Å²) < 4.78 is 13.8. The standard InChI is InChI=1S/C30H40FN3O4/c1-22(2)18-32-14-7-5-4-6-8-15-34(23(3)35)28-13-12-25(17-26(28)20-32)30(38)33(21-29(36)37)19-24-10-9-11-27(31)16-24/h9-13,16-17,22H,4-8,14-15,18-21H2,1-3H3,(H,36,37). The first kappa shape index (κ1) is 29.3. The predicted molar refractivity (Wildman–Crippen MR) is 146 cm³/mol. The Hall–Kier alpha value is -3.26. The van der Waals surface area contributed by atoms with Crippen molar-refractivity contribution in [2.45, 2.75) is 66.0 Å². The fourth-order valence-corrected chi connectivity index (χ4v) is 5.08. The minimum Gasteiger partial charge on any atom is -0.480 e. The molecule has 8 heteroatoms. The lowest BCUT2D eigenvalue weighted by Crippen LogP contribution is -2.36. The summed E-state index contributed by atoms with van der Waals surface area (Å²) in [6.07, 6.45) is 5.35. The highest BCUT2D eigenvalue weighted by Gasteiger charge is 2.24. The number of benzene rings is 2. The van der Waals surface area contributed by atoms with E-state index >= 15 is 0 Å². The lowest BCUT2D eigenvalue weighted by molar-refractivity contribution is -0.137. The Balaban J connectivity index is 2.00. The van der Waals surface area contributed by atoms with Gasteiger partial charge in [0.1, 0.15) is 12.4 Å². The molecule has 0 saturated carbocycles. The van der Waals surface area contributed by atoms with Gasteiger partial charge in [-0.25, -0.2) is 4.39 Å². The van der Waals surface area contributed by atoms with Crippen LogP contribution in [0, 0.1) is 11.7 Å². The SMILES string of the molecule is CC(=O)N1CCCCCCCN(CC(C)C)Cc2cc(C(=O)N(CC(=O)O)Cc3cccc(F)c3)ccc21. The summed E-state index contributed by atoms with van der Waals surface area (Å²) >= 11 is 0. The summed E-state index contributed by atoms with van der Waals surface area (Å²) in [5, 5.41) is 9.48. The van der Waals surface area contributed by atoms with Crippen LogP contribution in [0.2, 0.25) is 0 Å². The molecule has 2 amide bonds. The lowest BCUT2D eigenvalue weighted by atomic mass is 10.0. The molecule has 1 N–H and O–H groups in total. The molecule has 38 heavy (non-hydrogen) atoms. The second-order valence-corrected chi connectivity index (χ2v) is 10.6. The van der Waals surface area contributed by atoms with Crippen molar-refractivity contribution in [2.24, 2.45) is 5.92 Å². The van der Waals surface area contributed by atoms with Crippen LogP contribution >= 0.6 is 0 Å². The maximum atomic E-state index is 13.8. The molecule has 1 aliphatic heterocycles. The van der Waals surface area contributed by atoms with E-state index in [2.05, 4.69) is 18.7 Å². The highest BCUT2D eigenvalue weighted by molar-refractivity contribution is 5.98. The van der Waals surface area contributed by atoms with Crippen molar-refractivity contribution in [3.8, 4) is 0 Å². The summed E-state index contributed by atoms with van der Waals surface area (Å²) in [5.74, 6) is -1.63. The molecule has 3 rings (SSSR count). The molecular formula is C30H40FN3O4. The van der Waals surface area contributed by atoms with Crippen molar-refractivity contribution >= 4 is 23.5 Å². The largest absolute Gasteiger partial charge is 0.480 e. The van der Waals surface area contributed by atoms with Crippen molar-refractivity contribution in [1.29, 1.82) is 0 Å². The Labute approximate surface area is 225 Å². The average Bonchev–Trinajstić information content (AvgIpc) is 2.83. The van der Waals surface area contributed by atoms with Gasteiger partial charge in [-0.1, -0.05) is 45.2 Å². The Bertz CT molecular complexity index is 1120. The van der Waals surface area contributed by atoms with Gasteiger partial charge in [-0.15, -0.1) is 0 Å². The number of halogens is 1. The number of aliphatic carboxylic acids is 1. The highest BCUT2D eigenvalue weighted by Crippen LogP contribution is 2.27. The van der Waals surface area contributed by atoms with Crippen molar-refractivity contribution in [3.63, 3.8) is 0 Å². The number of nitrogens with zero attached hydrogens (tertiary/aromatic N) is 3. The summed E-state index contributed by atoms with van der Waals surface area (Å²) in [6.45, 7) is 8.40. The van der Waals surface area contributed by atoms with Gasteiger partial charge in [-0.2, -0.15) is 0 Å². The van der Waals surface area contributed by atoms with E-state index in [1.807, 2.05) is 6.07 Å². The van der Waals surface area contributed by atoms with Gasteiger partial charge in [-0.3, -0.25) is 19.3 Å². The molecule has 0 unspecified atom stereocenters. The van der Waals surface area contributed by atoms with Crippen LogP contribution in [0.3, 0.4) is 0 Å². The third-order valence-electron chi connectivity index (χ3n) is 6.75. The summed E-state index contributed by atoms with van der Waals surface area (Å²) in [4.78, 5) is 43.2. The number of hydrogen-bond acceptors (Lipinski definition) is 4. The molecule has 206 valence electrons. The number of carbonyl (C=O) groups is 3. The molecule has 0 fully saturated rings. The minimum atomic E-state index is -1.15. The minimum absolute atomic E-state index is 0.0287. The number of carbonyl (C=O) groups excluding carboxylic acids is 2. The van der Waals surface area contributed by atoms with Crippen molar-refractivity contribution in [2.75, 3.05) is 31.1 Å². The van der Waals surface area contributed by atoms with E-state index in [1.54, 1.807) is 30.0 Å². The van der Waals surface area contributed by atoms with E-state index in [0.29, 0.717) is 30.1 Å². The topological polar surface area (TPSA) is 81.2 Å². The molecule has 0 atom stereocenters. The molecule has 0 bridgehead atoms. The van der Waals surface area contributed by atoms with Gasteiger partial charge >= 0.3 is 5.97 Å². The second kappa shape index (κ2) is 14.0. The molecular weight excluding hydrogens is 485 g/mol. The zero-order chi connectivity index (χ0) is 27.7. The number of anilines is 1. The van der Waals surface area contributed by atoms with Crippen LogP contribution in [0.25, 0.3) is 0 Å². The maximum absolute atomic E-state index is 13.8. The quantitative estimate of drug-likeness (QED) is 0.529. The second-order valence-electron chi connectivity index (χ2n) is 10.6. The molecule has 2 aromatic carbocycles. The normalized spacial score (nSPS) is 15.3. The predicted octanol–water partition coefficient (Wildman–Crippen LogP) is 5.33. The number of amides is 2. The Morgan fingerprint density at radius 3 is 2.37 bits per heavy atom. The van der Waals surface area contributed by atoms with Crippen LogP contribution in [-0.2, 0) is 22.7 Å². The van der Waals surface area contributed by atoms with Crippen LogP contribution in [-0.4, -0.2) is 58.9 Å². The van der Waals surface area contributed by atoms with Gasteiger partial charge in [-0.05, 0) is 66.8 Å². The Kier molecular flexibility index (Phi) is 10.8. The number of carboxylic acid groups (broad SMARTS) is 1. The van der Waals surface area contributed by atoms with Gasteiger partial charge in [0.15, 0.2) is 0 Å². The Morgan fingerprint density at radius 2 is 1.71 bits per heavy atom. The first-order valence-corrected chi connectivity index (χ1v) is 13.5. The number of carboxylic acids is 1. The van der Waals surface area contributed by atoms with Crippen LogP contribution < -0.4 is 4.90 Å². The van der Waals surface area contributed by atoms with Crippen LogP contribution in [0.5, 0.6) is 0 Å². The fourth-order valence-electron chi connectivity index (χ4n) is 5.08. The highest BCUT2D eigenvalue weighted by atomic mass is 19.1. The smallest absolute Gasteiger partial charge is 0.323 e. The molecule has 0 saturated heterocycles. The Morgan fingerprint density at radius 1 is 1.00 bits per heavy atom. The third-order valence-corrected chi connectivity index (χ3v) is 6.75. The van der Waals surface area contributed by atoms with Gasteiger partial charge in [0, 0.05) is 44.4 Å². The van der Waals surface area contributed by atoms with E-state index in [4.69, 9.17) is 0 Å². The fraction of sp³-hybridized carbons (Fsp3) is 0.500. The number of fused-ring (bicyclic) bond motifs is 1. The number of rotatable bonds is 7. The summed E-state index contributed by atoms with van der Waals surface area (Å²) in [6, 6.07) is 11.1. The molecule has 2 aromatic rings. The van der Waals surface area contributed by atoms with E-state index in [0.717, 1.165) is 56.4 Å². The summed E-state index contributed by atoms with van der Waals surface area (Å²) in [5.41, 5.74) is 2.52. The van der Waals surface area contributed by atoms with Crippen molar-refractivity contribution in [3.05, 3.63) is 65.0 Å². The summed E-state index contributed by atoms with van der Waals surface area (Å²) in [7, 11) is 0. The molecule has 0 aromatic heterocycles. The first-order chi connectivity index (χ1) is 18.1. The van der Waals surface area contributed by atoms with Crippen LogP contribution in [0.1, 0.15) is 74.4 Å². The zero-order valence-corrected chi connectivity index (χ0v) is 22.8. The molecule has 1 aliphatic rings. The van der Waals surface area contributed by atoms with E-state index in [-0.39, 0.29) is 12.5 Å². The van der Waals surface area contributed by atoms with Crippen molar-refractivity contribution < 1.29 is 23.9 Å². The first-order valence-electron chi connectivity index (χ1n) is 13.5. The monoisotopic (exact) mass is 525 g/mol. The lowest BCUT2D eigenvalue weighted by Gasteiger charge is -2.30. The van der Waals surface area contributed by atoms with Crippen LogP contribution in [0.4, 0.5) is 10.1 Å².